The van der Waals surface area contributed by atoms with Crippen LogP contribution in [0.15, 0.2) is 30.6 Å². The van der Waals surface area contributed by atoms with E-state index in [-0.39, 0.29) is 0 Å². The van der Waals surface area contributed by atoms with Crippen LogP contribution in [0.2, 0.25) is 0 Å². The minimum absolute atomic E-state index is 0.301. The zero-order valence-corrected chi connectivity index (χ0v) is 12.6. The fraction of sp³-hybridized carbons (Fsp3) is 0.545. The van der Waals surface area contributed by atoms with Crippen molar-refractivity contribution in [1.29, 1.82) is 0 Å². The van der Waals surface area contributed by atoms with Crippen molar-refractivity contribution in [3.8, 4) is 0 Å². The van der Waals surface area contributed by atoms with Gasteiger partial charge in [0, 0.05) is 18.8 Å². The maximum atomic E-state index is 12.7. The Bertz CT molecular complexity index is 595. The first-order valence-corrected chi connectivity index (χ1v) is 7.33. The summed E-state index contributed by atoms with van der Waals surface area (Å²) in [6.45, 7) is 0.301. The number of aromatic nitrogens is 1. The number of hydrogen-bond acceptors (Lipinski definition) is 3. The van der Waals surface area contributed by atoms with Gasteiger partial charge in [-0.1, -0.05) is 13.0 Å². The van der Waals surface area contributed by atoms with Gasteiger partial charge in [-0.25, -0.2) is 0 Å². The molecule has 1 aromatic rings. The van der Waals surface area contributed by atoms with Crippen molar-refractivity contribution in [2.45, 2.75) is 36.4 Å². The van der Waals surface area contributed by atoms with Crippen LogP contribution in [0.25, 0.3) is 0 Å². The molecule has 0 aromatic carbocycles. The molecule has 0 aliphatic carbocycles. The predicted octanol–water partition coefficient (Wildman–Crippen LogP) is 3.86. The molecule has 0 aliphatic heterocycles. The van der Waals surface area contributed by atoms with Crippen LogP contribution in [0, 0.1) is 0 Å². The van der Waals surface area contributed by atoms with Crippen LogP contribution in [0.1, 0.15) is 13.3 Å². The first-order valence-electron chi connectivity index (χ1n) is 5.89. The van der Waals surface area contributed by atoms with Crippen LogP contribution in [-0.2, 0) is 10.1 Å². The van der Waals surface area contributed by atoms with Crippen LogP contribution in [0.5, 0.6) is 0 Å². The summed E-state index contributed by atoms with van der Waals surface area (Å²) < 4.78 is 128. The van der Waals surface area contributed by atoms with E-state index < -0.39 is 39.6 Å². The third-order valence-corrected chi connectivity index (χ3v) is 3.46. The van der Waals surface area contributed by atoms with Crippen molar-refractivity contribution < 1.29 is 48.1 Å². The topological polar surface area (TPSA) is 67.3 Å². The molecule has 0 bridgehead atoms. The molecule has 1 N–H and O–H groups in total. The van der Waals surface area contributed by atoms with Crippen molar-refractivity contribution >= 4 is 10.1 Å². The van der Waals surface area contributed by atoms with Crippen LogP contribution >= 0.6 is 0 Å². The lowest BCUT2D eigenvalue weighted by molar-refractivity contribution is -0.348. The van der Waals surface area contributed by atoms with Crippen molar-refractivity contribution in [3.05, 3.63) is 30.6 Å². The maximum Gasteiger partial charge on any atom is 0.438 e. The van der Waals surface area contributed by atoms with Crippen LogP contribution in [0.3, 0.4) is 0 Å². The van der Waals surface area contributed by atoms with Crippen molar-refractivity contribution in [1.82, 2.24) is 4.98 Å². The van der Waals surface area contributed by atoms with Crippen molar-refractivity contribution in [2.75, 3.05) is 0 Å². The number of hydrogen-bond donors (Lipinski definition) is 1. The molecular weight excluding hydrogens is 378 g/mol. The lowest BCUT2D eigenvalue weighted by Crippen LogP contribution is -2.64. The van der Waals surface area contributed by atoms with Gasteiger partial charge in [0.15, 0.2) is 0 Å². The number of nitrogens with zero attached hydrogens (tertiary/aromatic N) is 1. The molecule has 0 spiro atoms. The van der Waals surface area contributed by atoms with E-state index in [2.05, 4.69) is 4.98 Å². The van der Waals surface area contributed by atoms with Crippen LogP contribution in [-0.4, -0.2) is 41.0 Å². The van der Waals surface area contributed by atoms with Crippen LogP contribution < -0.4 is 0 Å². The van der Waals surface area contributed by atoms with E-state index in [0.29, 0.717) is 6.92 Å². The molecular formula is C11H11F8NO3S. The van der Waals surface area contributed by atoms with E-state index in [9.17, 15) is 43.5 Å². The monoisotopic (exact) mass is 389 g/mol. The number of halogens is 8. The van der Waals surface area contributed by atoms with Gasteiger partial charge in [-0.15, -0.1) is 0 Å². The van der Waals surface area contributed by atoms with Gasteiger partial charge in [0.1, 0.15) is 0 Å². The highest BCUT2D eigenvalue weighted by Crippen LogP contribution is 2.54. The Kier molecular flexibility index (Phi) is 6.72. The Balaban J connectivity index is 0.000000728. The summed E-state index contributed by atoms with van der Waals surface area (Å²) in [5, 5.41) is -6.76. The maximum absolute atomic E-state index is 12.7. The van der Waals surface area contributed by atoms with Gasteiger partial charge >= 0.3 is 33.1 Å². The Labute approximate surface area is 131 Å². The van der Waals surface area contributed by atoms with Gasteiger partial charge in [0.05, 0.1) is 0 Å². The highest BCUT2D eigenvalue weighted by atomic mass is 32.2. The Morgan fingerprint density at radius 2 is 1.29 bits per heavy atom. The number of rotatable bonds is 5. The molecule has 0 saturated carbocycles. The Hall–Kier alpha value is -1.50. The molecule has 140 valence electrons. The molecule has 0 atom stereocenters. The first kappa shape index (κ1) is 22.5. The third kappa shape index (κ3) is 4.12. The predicted molar refractivity (Wildman–Crippen MR) is 65.9 cm³/mol. The van der Waals surface area contributed by atoms with Gasteiger partial charge in [-0.3, -0.25) is 9.54 Å². The van der Waals surface area contributed by atoms with E-state index in [1.165, 1.54) is 0 Å². The van der Waals surface area contributed by atoms with E-state index in [4.69, 9.17) is 4.55 Å². The summed E-state index contributed by atoms with van der Waals surface area (Å²) in [6, 6.07) is 5.72. The molecule has 1 aromatic heterocycles. The highest BCUT2D eigenvalue weighted by Gasteiger charge is 2.83. The molecule has 0 amide bonds. The molecule has 1 heterocycles. The fourth-order valence-electron chi connectivity index (χ4n) is 1.11. The molecule has 0 fully saturated rings. The minimum atomic E-state index is -7.01. The zero-order valence-electron chi connectivity index (χ0n) is 11.7. The smallest absolute Gasteiger partial charge is 0.281 e. The number of pyridine rings is 1. The van der Waals surface area contributed by atoms with E-state index in [1.54, 1.807) is 12.4 Å². The molecule has 1 rings (SSSR count). The summed E-state index contributed by atoms with van der Waals surface area (Å²) in [5.74, 6) is -19.3. The second kappa shape index (κ2) is 7.17. The van der Waals surface area contributed by atoms with Crippen molar-refractivity contribution in [2.24, 2.45) is 0 Å². The summed E-state index contributed by atoms with van der Waals surface area (Å²) in [7, 11) is -7.01. The van der Waals surface area contributed by atoms with E-state index in [0.717, 1.165) is 0 Å². The van der Waals surface area contributed by atoms with Crippen LogP contribution in [0.4, 0.5) is 35.1 Å². The van der Waals surface area contributed by atoms with E-state index in [1.807, 2.05) is 18.2 Å². The van der Waals surface area contributed by atoms with Crippen molar-refractivity contribution in [3.63, 3.8) is 0 Å². The highest BCUT2D eigenvalue weighted by molar-refractivity contribution is 7.87. The quantitative estimate of drug-likeness (QED) is 0.614. The molecule has 4 nitrogen and oxygen atoms in total. The Morgan fingerprint density at radius 1 is 0.875 bits per heavy atom. The Morgan fingerprint density at radius 3 is 1.50 bits per heavy atom. The van der Waals surface area contributed by atoms with Gasteiger partial charge in [0.2, 0.25) is 0 Å². The molecule has 0 aliphatic rings. The second-order valence-corrected chi connectivity index (χ2v) is 5.69. The van der Waals surface area contributed by atoms with Gasteiger partial charge in [-0.05, 0) is 12.1 Å². The average Bonchev–Trinajstić information content (AvgIpc) is 2.47. The summed E-state index contributed by atoms with van der Waals surface area (Å²) >= 11 is 0. The lowest BCUT2D eigenvalue weighted by atomic mass is 10.0. The summed E-state index contributed by atoms with van der Waals surface area (Å²) in [4.78, 5) is 3.78. The summed E-state index contributed by atoms with van der Waals surface area (Å²) in [5.41, 5.74) is 0. The molecule has 0 saturated heterocycles. The SMILES string of the molecule is CCC(F)(F)C(F)(F)C(F)(F)C(F)(F)S(=O)(=O)O.c1ccncc1. The minimum Gasteiger partial charge on any atom is -0.281 e. The normalized spacial score (nSPS) is 13.9. The molecule has 0 unspecified atom stereocenters. The molecule has 13 heteroatoms. The van der Waals surface area contributed by atoms with Gasteiger partial charge in [0.25, 0.3) is 0 Å². The first-order chi connectivity index (χ1) is 10.6. The third-order valence-electron chi connectivity index (χ3n) is 2.55. The van der Waals surface area contributed by atoms with Gasteiger partial charge in [-0.2, -0.15) is 43.5 Å². The average molecular weight is 389 g/mol. The lowest BCUT2D eigenvalue weighted by Gasteiger charge is -2.34. The standard InChI is InChI=1S/C6H6F8O3S.C5H5N/c1-2-3(7,8)4(9,10)5(11,12)6(13,14)18(15,16)17;1-2-4-6-5-3-1/h2H2,1H3,(H,15,16,17);1-5H. The summed E-state index contributed by atoms with van der Waals surface area (Å²) in [6.07, 6.45) is 1.55. The second-order valence-electron chi connectivity index (χ2n) is 4.22. The largest absolute Gasteiger partial charge is 0.438 e. The van der Waals surface area contributed by atoms with Gasteiger partial charge < -0.3 is 0 Å². The zero-order chi connectivity index (χ0) is 19.4. The fourth-order valence-corrected chi connectivity index (χ4v) is 1.56. The molecule has 0 radical (unpaired) electrons. The number of alkyl halides is 8. The van der Waals surface area contributed by atoms with E-state index >= 15 is 0 Å². The molecule has 24 heavy (non-hydrogen) atoms.